The standard InChI is InChI=1S/C25H27N5O3S/c31-22(16-21-23(32)28-25(34-21)29-13-1-2-14-29)27-19-7-5-18(6-8-19)24(33)30-15-3-4-20(30)17-9-11-26-12-10-17/h5-12,20-21H,1-4,13-16H2,(H,27,31)/t20-,21-/m1/s1. The zero-order valence-electron chi connectivity index (χ0n) is 18.9. The number of pyridine rings is 1. The van der Waals surface area contributed by atoms with E-state index in [1.165, 1.54) is 11.8 Å². The van der Waals surface area contributed by atoms with Crippen LogP contribution in [-0.4, -0.2) is 62.6 Å². The van der Waals surface area contributed by atoms with Gasteiger partial charge in [0, 0.05) is 49.7 Å². The molecule has 2 atom stereocenters. The Balaban J connectivity index is 1.16. The number of amides is 3. The Morgan fingerprint density at radius 1 is 1.00 bits per heavy atom. The Morgan fingerprint density at radius 2 is 1.74 bits per heavy atom. The van der Waals surface area contributed by atoms with Gasteiger partial charge < -0.3 is 15.1 Å². The number of aliphatic imine (C=N–C) groups is 1. The molecule has 0 saturated carbocycles. The predicted octanol–water partition coefficient (Wildman–Crippen LogP) is 3.48. The summed E-state index contributed by atoms with van der Waals surface area (Å²) in [5, 5.41) is 3.11. The van der Waals surface area contributed by atoms with Crippen molar-refractivity contribution in [2.45, 2.75) is 43.4 Å². The largest absolute Gasteiger partial charge is 0.351 e. The number of thioether (sulfide) groups is 1. The second kappa shape index (κ2) is 9.97. The molecule has 1 aromatic heterocycles. The fourth-order valence-corrected chi connectivity index (χ4v) is 5.85. The third-order valence-corrected chi connectivity index (χ3v) is 7.71. The monoisotopic (exact) mass is 477 g/mol. The van der Waals surface area contributed by atoms with E-state index in [1.54, 1.807) is 36.7 Å². The van der Waals surface area contributed by atoms with Gasteiger partial charge in [0.2, 0.25) is 5.91 Å². The molecule has 0 spiro atoms. The zero-order chi connectivity index (χ0) is 23.5. The van der Waals surface area contributed by atoms with Crippen molar-refractivity contribution in [1.82, 2.24) is 14.8 Å². The molecule has 1 aromatic carbocycles. The highest BCUT2D eigenvalue weighted by atomic mass is 32.2. The van der Waals surface area contributed by atoms with E-state index >= 15 is 0 Å². The van der Waals surface area contributed by atoms with E-state index in [0.29, 0.717) is 11.3 Å². The molecule has 0 radical (unpaired) electrons. The Morgan fingerprint density at radius 3 is 2.47 bits per heavy atom. The number of rotatable bonds is 5. The van der Waals surface area contributed by atoms with Crippen molar-refractivity contribution in [1.29, 1.82) is 0 Å². The summed E-state index contributed by atoms with van der Waals surface area (Å²) in [6.45, 7) is 2.56. The first-order chi connectivity index (χ1) is 16.6. The van der Waals surface area contributed by atoms with Gasteiger partial charge in [-0.05, 0) is 67.6 Å². The minimum Gasteiger partial charge on any atom is -0.351 e. The SMILES string of the molecule is O=C(C[C@H]1SC(N2CCCC2)=NC1=O)Nc1ccc(C(=O)N2CCC[C@@H]2c2ccncc2)cc1. The molecule has 34 heavy (non-hydrogen) atoms. The molecule has 176 valence electrons. The first kappa shape index (κ1) is 22.6. The van der Waals surface area contributed by atoms with Crippen LogP contribution >= 0.6 is 11.8 Å². The number of amidine groups is 1. The first-order valence-corrected chi connectivity index (χ1v) is 12.6. The number of carbonyl (C=O) groups is 3. The summed E-state index contributed by atoms with van der Waals surface area (Å²) in [6, 6.07) is 10.9. The number of hydrogen-bond acceptors (Lipinski definition) is 6. The highest BCUT2D eigenvalue weighted by Gasteiger charge is 2.34. The summed E-state index contributed by atoms with van der Waals surface area (Å²) in [6.07, 6.45) is 7.71. The Bertz CT molecular complexity index is 1100. The van der Waals surface area contributed by atoms with Crippen LogP contribution in [-0.2, 0) is 9.59 Å². The predicted molar refractivity (Wildman–Crippen MR) is 132 cm³/mol. The molecule has 0 aliphatic carbocycles. The molecule has 5 rings (SSSR count). The van der Waals surface area contributed by atoms with Gasteiger partial charge in [-0.25, -0.2) is 0 Å². The molecule has 0 bridgehead atoms. The first-order valence-electron chi connectivity index (χ1n) is 11.7. The van der Waals surface area contributed by atoms with E-state index in [2.05, 4.69) is 20.2 Å². The summed E-state index contributed by atoms with van der Waals surface area (Å²) < 4.78 is 0. The van der Waals surface area contributed by atoms with Gasteiger partial charge in [0.15, 0.2) is 5.17 Å². The van der Waals surface area contributed by atoms with Gasteiger partial charge in [-0.15, -0.1) is 0 Å². The second-order valence-corrected chi connectivity index (χ2v) is 9.97. The van der Waals surface area contributed by atoms with Crippen LogP contribution in [0.1, 0.15) is 54.1 Å². The fraction of sp³-hybridized carbons (Fsp3) is 0.400. The number of benzene rings is 1. The Hall–Kier alpha value is -3.20. The summed E-state index contributed by atoms with van der Waals surface area (Å²) in [5.74, 6) is -0.491. The van der Waals surface area contributed by atoms with Crippen molar-refractivity contribution in [3.63, 3.8) is 0 Å². The Kier molecular flexibility index (Phi) is 6.62. The van der Waals surface area contributed by atoms with Crippen molar-refractivity contribution in [2.75, 3.05) is 25.0 Å². The van der Waals surface area contributed by atoms with Crippen LogP contribution in [0.3, 0.4) is 0 Å². The number of hydrogen-bond donors (Lipinski definition) is 1. The third-order valence-electron chi connectivity index (χ3n) is 6.50. The normalized spacial score (nSPS) is 22.2. The molecular weight excluding hydrogens is 450 g/mol. The summed E-state index contributed by atoms with van der Waals surface area (Å²) in [4.78, 5) is 50.2. The average molecular weight is 478 g/mol. The molecule has 3 amide bonds. The molecule has 3 aliphatic rings. The topological polar surface area (TPSA) is 95.0 Å². The van der Waals surface area contributed by atoms with Gasteiger partial charge >= 0.3 is 0 Å². The van der Waals surface area contributed by atoms with E-state index < -0.39 is 5.25 Å². The molecule has 1 N–H and O–H groups in total. The van der Waals surface area contributed by atoms with E-state index in [0.717, 1.165) is 56.0 Å². The molecule has 3 aliphatic heterocycles. The van der Waals surface area contributed by atoms with Crippen molar-refractivity contribution in [3.8, 4) is 0 Å². The number of likely N-dealkylation sites (tertiary alicyclic amines) is 2. The fourth-order valence-electron chi connectivity index (χ4n) is 4.74. The van der Waals surface area contributed by atoms with Gasteiger partial charge in [-0.1, -0.05) is 11.8 Å². The summed E-state index contributed by atoms with van der Waals surface area (Å²) in [7, 11) is 0. The molecule has 2 saturated heterocycles. The van der Waals surface area contributed by atoms with E-state index in [4.69, 9.17) is 0 Å². The van der Waals surface area contributed by atoms with Crippen LogP contribution in [0.25, 0.3) is 0 Å². The lowest BCUT2D eigenvalue weighted by Gasteiger charge is -2.25. The zero-order valence-corrected chi connectivity index (χ0v) is 19.7. The lowest BCUT2D eigenvalue weighted by molar-refractivity contribution is -0.121. The van der Waals surface area contributed by atoms with E-state index in [1.807, 2.05) is 17.0 Å². The minimum atomic E-state index is -0.475. The van der Waals surface area contributed by atoms with Crippen molar-refractivity contribution < 1.29 is 14.4 Å². The smallest absolute Gasteiger partial charge is 0.262 e. The van der Waals surface area contributed by atoms with E-state index in [9.17, 15) is 14.4 Å². The van der Waals surface area contributed by atoms with Crippen molar-refractivity contribution in [3.05, 3.63) is 59.9 Å². The highest BCUT2D eigenvalue weighted by Crippen LogP contribution is 2.33. The van der Waals surface area contributed by atoms with Crippen molar-refractivity contribution >= 4 is 40.3 Å². The minimum absolute atomic E-state index is 0.0169. The molecule has 9 heteroatoms. The molecule has 2 fully saturated rings. The van der Waals surface area contributed by atoms with Gasteiger partial charge in [-0.3, -0.25) is 19.4 Å². The van der Waals surface area contributed by atoms with Gasteiger partial charge in [0.05, 0.1) is 6.04 Å². The van der Waals surface area contributed by atoms with Crippen LogP contribution < -0.4 is 5.32 Å². The lowest BCUT2D eigenvalue weighted by atomic mass is 10.1. The van der Waals surface area contributed by atoms with Gasteiger partial charge in [0.1, 0.15) is 5.25 Å². The van der Waals surface area contributed by atoms with Crippen LogP contribution in [0.5, 0.6) is 0 Å². The summed E-state index contributed by atoms with van der Waals surface area (Å²) >= 11 is 1.39. The lowest BCUT2D eigenvalue weighted by Crippen LogP contribution is -2.30. The highest BCUT2D eigenvalue weighted by molar-refractivity contribution is 8.15. The van der Waals surface area contributed by atoms with Crippen LogP contribution in [0.4, 0.5) is 5.69 Å². The maximum Gasteiger partial charge on any atom is 0.262 e. The van der Waals surface area contributed by atoms with E-state index in [-0.39, 0.29) is 30.2 Å². The number of carbonyl (C=O) groups excluding carboxylic acids is 3. The maximum absolute atomic E-state index is 13.1. The van der Waals surface area contributed by atoms with Crippen LogP contribution in [0.15, 0.2) is 53.8 Å². The number of anilines is 1. The number of nitrogens with one attached hydrogen (secondary N) is 1. The van der Waals surface area contributed by atoms with Crippen LogP contribution in [0, 0.1) is 0 Å². The Labute approximate surface area is 202 Å². The average Bonchev–Trinajstić information content (AvgIpc) is 3.62. The van der Waals surface area contributed by atoms with Gasteiger partial charge in [0.25, 0.3) is 11.8 Å². The number of nitrogens with zero attached hydrogens (tertiary/aromatic N) is 4. The molecule has 2 aromatic rings. The molecule has 0 unspecified atom stereocenters. The quantitative estimate of drug-likeness (QED) is 0.709. The molecular formula is C25H27N5O3S. The molecule has 8 nitrogen and oxygen atoms in total. The van der Waals surface area contributed by atoms with Crippen LogP contribution in [0.2, 0.25) is 0 Å². The maximum atomic E-state index is 13.1. The molecule has 4 heterocycles. The number of aromatic nitrogens is 1. The van der Waals surface area contributed by atoms with Gasteiger partial charge in [-0.2, -0.15) is 4.99 Å². The van der Waals surface area contributed by atoms with Crippen molar-refractivity contribution in [2.24, 2.45) is 4.99 Å². The summed E-state index contributed by atoms with van der Waals surface area (Å²) in [5.41, 5.74) is 2.29. The third kappa shape index (κ3) is 4.84. The second-order valence-electron chi connectivity index (χ2n) is 8.80.